The van der Waals surface area contributed by atoms with Crippen LogP contribution in [0.25, 0.3) is 22.1 Å². The second-order valence-corrected chi connectivity index (χ2v) is 8.26. The molecule has 0 aliphatic carbocycles. The average Bonchev–Trinajstić information content (AvgIpc) is 2.85. The van der Waals surface area contributed by atoms with E-state index in [1.807, 2.05) is 4.90 Å². The number of fused-ring (bicyclic) bond motifs is 1. The summed E-state index contributed by atoms with van der Waals surface area (Å²) < 4.78 is 57.7. The molecule has 192 valence electrons. The molecule has 0 spiro atoms. The fourth-order valence-electron chi connectivity index (χ4n) is 4.20. The Morgan fingerprint density at radius 3 is 2.33 bits per heavy atom. The number of rotatable bonds is 5. The largest absolute Gasteiger partial charge is 0.507 e. The maximum absolute atomic E-state index is 14.1. The van der Waals surface area contributed by atoms with Crippen LogP contribution in [0.4, 0.5) is 18.0 Å². The van der Waals surface area contributed by atoms with Crippen molar-refractivity contribution in [3.8, 4) is 22.6 Å². The van der Waals surface area contributed by atoms with Gasteiger partial charge in [-0.1, -0.05) is 12.1 Å². The number of halogens is 3. The van der Waals surface area contributed by atoms with Gasteiger partial charge in [-0.3, -0.25) is 9.69 Å². The van der Waals surface area contributed by atoms with Gasteiger partial charge in [-0.2, -0.15) is 13.2 Å². The summed E-state index contributed by atoms with van der Waals surface area (Å²) >= 11 is 0. The Kier molecular flexibility index (Phi) is 7.11. The molecular formula is C25H25F3N2O6. The second-order valence-electron chi connectivity index (χ2n) is 8.26. The van der Waals surface area contributed by atoms with Gasteiger partial charge in [0.1, 0.15) is 17.1 Å². The lowest BCUT2D eigenvalue weighted by molar-refractivity contribution is -0.152. The van der Waals surface area contributed by atoms with Crippen molar-refractivity contribution in [1.82, 2.24) is 9.80 Å². The number of piperazine rings is 1. The first kappa shape index (κ1) is 25.4. The quantitative estimate of drug-likeness (QED) is 0.546. The van der Waals surface area contributed by atoms with Crippen LogP contribution in [0.15, 0.2) is 45.6 Å². The summed E-state index contributed by atoms with van der Waals surface area (Å²) in [6.07, 6.45) is -5.40. The van der Waals surface area contributed by atoms with Crippen molar-refractivity contribution in [2.75, 3.05) is 39.9 Å². The number of phenolic OH excluding ortho intramolecular Hbond substituents is 1. The number of hydrogen-bond acceptors (Lipinski definition) is 7. The topological polar surface area (TPSA) is 92.5 Å². The monoisotopic (exact) mass is 506 g/mol. The Labute approximate surface area is 204 Å². The number of alkyl halides is 3. The number of nitrogens with zero attached hydrogens (tertiary/aromatic N) is 2. The van der Waals surface area contributed by atoms with Gasteiger partial charge >= 0.3 is 12.3 Å². The maximum atomic E-state index is 14.1. The van der Waals surface area contributed by atoms with E-state index in [1.165, 1.54) is 48.4 Å². The molecule has 36 heavy (non-hydrogen) atoms. The van der Waals surface area contributed by atoms with Gasteiger partial charge in [-0.05, 0) is 36.8 Å². The molecule has 8 nitrogen and oxygen atoms in total. The molecule has 1 aliphatic heterocycles. The highest BCUT2D eigenvalue weighted by Gasteiger charge is 2.40. The highest BCUT2D eigenvalue weighted by Crippen LogP contribution is 2.39. The van der Waals surface area contributed by atoms with Crippen LogP contribution in [0, 0.1) is 0 Å². The van der Waals surface area contributed by atoms with Crippen LogP contribution in [0.5, 0.6) is 11.5 Å². The summed E-state index contributed by atoms with van der Waals surface area (Å²) in [5.74, 6) is -1.30. The fourth-order valence-corrected chi connectivity index (χ4v) is 4.20. The zero-order valence-electron chi connectivity index (χ0n) is 19.7. The molecule has 0 saturated carbocycles. The lowest BCUT2D eigenvalue weighted by atomic mass is 10.00. The molecule has 1 saturated heterocycles. The van der Waals surface area contributed by atoms with Crippen molar-refractivity contribution in [3.63, 3.8) is 0 Å². The summed E-state index contributed by atoms with van der Waals surface area (Å²) in [7, 11) is 1.42. The Bertz CT molecular complexity index is 1310. The Morgan fingerprint density at radius 1 is 1.08 bits per heavy atom. The Balaban J connectivity index is 1.75. The minimum absolute atomic E-state index is 0.0297. The van der Waals surface area contributed by atoms with E-state index in [0.29, 0.717) is 31.9 Å². The lowest BCUT2D eigenvalue weighted by Crippen LogP contribution is -2.48. The number of ether oxygens (including phenoxy) is 2. The molecule has 4 rings (SSSR count). The fraction of sp³-hybridized carbons (Fsp3) is 0.360. The third-order valence-corrected chi connectivity index (χ3v) is 6.05. The molecule has 0 radical (unpaired) electrons. The SMILES string of the molecule is CCOC(=O)N1CCN(Cc2c(O)ccc3c(=O)c(-c4ccc(OC)cc4)c(C(F)(F)F)oc23)CC1. The first-order valence-electron chi connectivity index (χ1n) is 11.3. The van der Waals surface area contributed by atoms with E-state index in [4.69, 9.17) is 13.9 Å². The molecule has 2 heterocycles. The van der Waals surface area contributed by atoms with Crippen LogP contribution >= 0.6 is 0 Å². The molecule has 0 unspecified atom stereocenters. The summed E-state index contributed by atoms with van der Waals surface area (Å²) in [5.41, 5.74) is -1.69. The molecule has 1 aromatic heterocycles. The molecule has 1 N–H and O–H groups in total. The van der Waals surface area contributed by atoms with Crippen molar-refractivity contribution in [2.45, 2.75) is 19.6 Å². The van der Waals surface area contributed by atoms with Crippen LogP contribution in [0.2, 0.25) is 0 Å². The molecule has 2 aromatic carbocycles. The summed E-state index contributed by atoms with van der Waals surface area (Å²) in [6.45, 7) is 3.49. The zero-order chi connectivity index (χ0) is 26.0. The standard InChI is InChI=1S/C25H25F3N2O6/c1-3-35-24(33)30-12-10-29(11-13-30)14-18-19(31)9-8-17-21(32)20(15-4-6-16(34-2)7-5-15)23(25(26,27)28)36-22(17)18/h4-9,31H,3,10-14H2,1-2H3. The number of benzene rings is 2. The van der Waals surface area contributed by atoms with E-state index < -0.39 is 29.0 Å². The van der Waals surface area contributed by atoms with Gasteiger partial charge in [0, 0.05) is 32.7 Å². The van der Waals surface area contributed by atoms with Gasteiger partial charge in [0.2, 0.25) is 11.2 Å². The van der Waals surface area contributed by atoms with E-state index in [-0.39, 0.29) is 41.0 Å². The van der Waals surface area contributed by atoms with Crippen molar-refractivity contribution < 1.29 is 37.0 Å². The van der Waals surface area contributed by atoms with Crippen LogP contribution in [0.3, 0.4) is 0 Å². The summed E-state index contributed by atoms with van der Waals surface area (Å²) in [4.78, 5) is 28.7. The van der Waals surface area contributed by atoms with Gasteiger partial charge in [0.15, 0.2) is 0 Å². The summed E-state index contributed by atoms with van der Waals surface area (Å²) in [5, 5.41) is 10.4. The minimum atomic E-state index is -4.96. The number of hydrogen-bond donors (Lipinski definition) is 1. The lowest BCUT2D eigenvalue weighted by Gasteiger charge is -2.34. The molecule has 1 fully saturated rings. The number of methoxy groups -OCH3 is 1. The Morgan fingerprint density at radius 2 is 1.75 bits per heavy atom. The van der Waals surface area contributed by atoms with Gasteiger partial charge in [-0.25, -0.2) is 4.79 Å². The predicted molar refractivity (Wildman–Crippen MR) is 125 cm³/mol. The third kappa shape index (κ3) is 4.97. The molecule has 11 heteroatoms. The highest BCUT2D eigenvalue weighted by atomic mass is 19.4. The smallest absolute Gasteiger partial charge is 0.450 e. The van der Waals surface area contributed by atoms with E-state index in [9.17, 15) is 27.9 Å². The molecule has 3 aromatic rings. The molecule has 1 aliphatic rings. The minimum Gasteiger partial charge on any atom is -0.507 e. The molecule has 1 amide bonds. The predicted octanol–water partition coefficient (Wildman–Crippen LogP) is 4.47. The number of carbonyl (C=O) groups is 1. The van der Waals surface area contributed by atoms with Crippen LogP contribution in [-0.4, -0.2) is 60.9 Å². The van der Waals surface area contributed by atoms with Crippen molar-refractivity contribution in [3.05, 3.63) is 57.9 Å². The van der Waals surface area contributed by atoms with Crippen LogP contribution in [-0.2, 0) is 17.5 Å². The second kappa shape index (κ2) is 10.1. The number of amides is 1. The average molecular weight is 506 g/mol. The first-order valence-corrected chi connectivity index (χ1v) is 11.3. The van der Waals surface area contributed by atoms with E-state index in [2.05, 4.69) is 0 Å². The van der Waals surface area contributed by atoms with Crippen molar-refractivity contribution in [2.24, 2.45) is 0 Å². The molecule has 0 atom stereocenters. The maximum Gasteiger partial charge on any atom is 0.450 e. The van der Waals surface area contributed by atoms with E-state index in [0.717, 1.165) is 0 Å². The zero-order valence-corrected chi connectivity index (χ0v) is 19.7. The Hall–Kier alpha value is -3.73. The van der Waals surface area contributed by atoms with E-state index in [1.54, 1.807) is 6.92 Å². The summed E-state index contributed by atoms with van der Waals surface area (Å²) in [6, 6.07) is 8.15. The van der Waals surface area contributed by atoms with Crippen molar-refractivity contribution in [1.29, 1.82) is 0 Å². The number of phenols is 1. The van der Waals surface area contributed by atoms with Gasteiger partial charge in [0.25, 0.3) is 0 Å². The van der Waals surface area contributed by atoms with Crippen LogP contribution in [0.1, 0.15) is 18.2 Å². The van der Waals surface area contributed by atoms with E-state index >= 15 is 0 Å². The third-order valence-electron chi connectivity index (χ3n) is 6.05. The number of carbonyl (C=O) groups excluding carboxylic acids is 1. The van der Waals surface area contributed by atoms with Gasteiger partial charge < -0.3 is 23.9 Å². The van der Waals surface area contributed by atoms with Gasteiger partial charge in [-0.15, -0.1) is 0 Å². The van der Waals surface area contributed by atoms with Crippen molar-refractivity contribution >= 4 is 17.1 Å². The first-order chi connectivity index (χ1) is 17.1. The molecule has 0 bridgehead atoms. The highest BCUT2D eigenvalue weighted by molar-refractivity contribution is 5.87. The number of aromatic hydroxyl groups is 1. The molecular weight excluding hydrogens is 481 g/mol. The van der Waals surface area contributed by atoms with Gasteiger partial charge in [0.05, 0.1) is 30.2 Å². The normalized spacial score (nSPS) is 14.8. The van der Waals surface area contributed by atoms with Crippen LogP contribution < -0.4 is 10.2 Å².